The van der Waals surface area contributed by atoms with Crippen molar-refractivity contribution in [3.63, 3.8) is 0 Å². The number of rotatable bonds is 1. The van der Waals surface area contributed by atoms with E-state index >= 15 is 0 Å². The highest BCUT2D eigenvalue weighted by Crippen LogP contribution is 2.31. The summed E-state index contributed by atoms with van der Waals surface area (Å²) >= 11 is 5.84. The Morgan fingerprint density at radius 1 is 1.21 bits per heavy atom. The molecular formula is C13H18ClN3O2. The number of nitrogens with one attached hydrogen (secondary N) is 1. The maximum Gasteiger partial charge on any atom is 0.329 e. The average molecular weight is 284 g/mol. The lowest BCUT2D eigenvalue weighted by molar-refractivity contribution is 0.151. The van der Waals surface area contributed by atoms with Crippen molar-refractivity contribution in [1.29, 1.82) is 0 Å². The molecule has 3 rings (SSSR count). The van der Waals surface area contributed by atoms with E-state index in [1.165, 1.54) is 17.4 Å². The van der Waals surface area contributed by atoms with Crippen LogP contribution in [0.25, 0.3) is 0 Å². The monoisotopic (exact) mass is 283 g/mol. The second kappa shape index (κ2) is 4.80. The summed E-state index contributed by atoms with van der Waals surface area (Å²) in [7, 11) is 0. The molecule has 2 unspecified atom stereocenters. The molecule has 104 valence electrons. The second-order valence-corrected chi connectivity index (χ2v) is 5.93. The Morgan fingerprint density at radius 2 is 2.00 bits per heavy atom. The number of hydrogen-bond acceptors (Lipinski definition) is 3. The van der Waals surface area contributed by atoms with Crippen molar-refractivity contribution < 1.29 is 0 Å². The second-order valence-electron chi connectivity index (χ2n) is 5.55. The van der Waals surface area contributed by atoms with Crippen LogP contribution in [0, 0.1) is 6.92 Å². The van der Waals surface area contributed by atoms with Crippen LogP contribution in [-0.4, -0.2) is 33.6 Å². The first-order valence-electron chi connectivity index (χ1n) is 6.83. The number of aromatic amines is 1. The Morgan fingerprint density at radius 3 is 2.79 bits per heavy atom. The molecule has 1 N–H and O–H groups in total. The standard InChI is InChI=1S/C13H18ClN3O2/c1-8-11(14)15-13(19)17(12(8)18)10-4-6-16-5-2-3-9(16)7-10/h9-10H,2-7H2,1H3,(H,15,19). The van der Waals surface area contributed by atoms with Crippen LogP contribution in [0.1, 0.15) is 37.3 Å². The fourth-order valence-corrected chi connectivity index (χ4v) is 3.55. The van der Waals surface area contributed by atoms with E-state index in [0.29, 0.717) is 11.6 Å². The summed E-state index contributed by atoms with van der Waals surface area (Å²) in [6.45, 7) is 3.78. The number of aromatic nitrogens is 2. The van der Waals surface area contributed by atoms with Gasteiger partial charge in [0.15, 0.2) is 0 Å². The van der Waals surface area contributed by atoms with Gasteiger partial charge in [-0.1, -0.05) is 11.6 Å². The van der Waals surface area contributed by atoms with Crippen molar-refractivity contribution in [2.45, 2.75) is 44.7 Å². The van der Waals surface area contributed by atoms with E-state index in [2.05, 4.69) is 9.88 Å². The minimum absolute atomic E-state index is 0.00608. The molecule has 2 fully saturated rings. The smallest absolute Gasteiger partial charge is 0.300 e. The molecule has 2 aliphatic rings. The Kier molecular flexibility index (Phi) is 3.27. The Balaban J connectivity index is 1.97. The van der Waals surface area contributed by atoms with Gasteiger partial charge >= 0.3 is 5.69 Å². The molecule has 2 atom stereocenters. The highest BCUT2D eigenvalue weighted by molar-refractivity contribution is 6.30. The van der Waals surface area contributed by atoms with Gasteiger partial charge in [-0.2, -0.15) is 0 Å². The third-order valence-electron chi connectivity index (χ3n) is 4.46. The van der Waals surface area contributed by atoms with Crippen LogP contribution in [-0.2, 0) is 0 Å². The minimum Gasteiger partial charge on any atom is -0.300 e. The van der Waals surface area contributed by atoms with Gasteiger partial charge in [0.05, 0.1) is 0 Å². The molecule has 1 aromatic heterocycles. The van der Waals surface area contributed by atoms with Crippen LogP contribution >= 0.6 is 11.6 Å². The zero-order valence-electron chi connectivity index (χ0n) is 11.0. The molecule has 2 saturated heterocycles. The summed E-state index contributed by atoms with van der Waals surface area (Å²) in [6.07, 6.45) is 4.16. The van der Waals surface area contributed by atoms with Crippen LogP contribution in [0.4, 0.5) is 0 Å². The largest absolute Gasteiger partial charge is 0.329 e. The van der Waals surface area contributed by atoms with Crippen LogP contribution in [0.15, 0.2) is 9.59 Å². The normalized spacial score (nSPS) is 27.5. The van der Waals surface area contributed by atoms with E-state index in [4.69, 9.17) is 11.6 Å². The first kappa shape index (κ1) is 12.9. The molecule has 5 nitrogen and oxygen atoms in total. The van der Waals surface area contributed by atoms with Crippen molar-refractivity contribution in [3.05, 3.63) is 31.6 Å². The van der Waals surface area contributed by atoms with E-state index in [9.17, 15) is 9.59 Å². The molecule has 0 amide bonds. The molecule has 6 heteroatoms. The van der Waals surface area contributed by atoms with Gasteiger partial charge in [-0.15, -0.1) is 0 Å². The van der Waals surface area contributed by atoms with Crippen molar-refractivity contribution in [2.24, 2.45) is 0 Å². The number of halogens is 1. The first-order chi connectivity index (χ1) is 9.08. The van der Waals surface area contributed by atoms with Crippen molar-refractivity contribution in [3.8, 4) is 0 Å². The zero-order valence-corrected chi connectivity index (χ0v) is 11.7. The minimum atomic E-state index is -0.378. The highest BCUT2D eigenvalue weighted by Gasteiger charge is 2.33. The highest BCUT2D eigenvalue weighted by atomic mass is 35.5. The predicted octanol–water partition coefficient (Wildman–Crippen LogP) is 1.30. The lowest BCUT2D eigenvalue weighted by Gasteiger charge is -2.35. The van der Waals surface area contributed by atoms with E-state index in [1.54, 1.807) is 6.92 Å². The molecule has 0 spiro atoms. The Hall–Kier alpha value is -1.07. The summed E-state index contributed by atoms with van der Waals surface area (Å²) in [6, 6.07) is 0.535. The summed E-state index contributed by atoms with van der Waals surface area (Å²) in [4.78, 5) is 29.3. The SMILES string of the molecule is Cc1c(Cl)[nH]c(=O)n(C2CCN3CCCC3C2)c1=O. The molecule has 0 bridgehead atoms. The average Bonchev–Trinajstić information content (AvgIpc) is 2.83. The fraction of sp³-hybridized carbons (Fsp3) is 0.692. The maximum absolute atomic E-state index is 12.2. The fourth-order valence-electron chi connectivity index (χ4n) is 3.38. The lowest BCUT2D eigenvalue weighted by atomic mass is 9.97. The number of hydrogen-bond donors (Lipinski definition) is 1. The summed E-state index contributed by atoms with van der Waals surface area (Å²) in [5.74, 6) is 0. The molecule has 0 aromatic carbocycles. The van der Waals surface area contributed by atoms with Gasteiger partial charge in [-0.05, 0) is 39.2 Å². The zero-order chi connectivity index (χ0) is 13.6. The van der Waals surface area contributed by atoms with Gasteiger partial charge in [-0.3, -0.25) is 14.3 Å². The molecule has 0 saturated carbocycles. The van der Waals surface area contributed by atoms with Crippen LogP contribution in [0.2, 0.25) is 5.15 Å². The third kappa shape index (κ3) is 2.15. The lowest BCUT2D eigenvalue weighted by Crippen LogP contribution is -2.46. The van der Waals surface area contributed by atoms with E-state index in [1.807, 2.05) is 0 Å². The molecule has 1 aromatic rings. The Labute approximate surface area is 116 Å². The number of nitrogens with zero attached hydrogens (tertiary/aromatic N) is 2. The van der Waals surface area contributed by atoms with Gasteiger partial charge in [0.2, 0.25) is 0 Å². The molecule has 19 heavy (non-hydrogen) atoms. The molecule has 0 radical (unpaired) electrons. The van der Waals surface area contributed by atoms with Crippen molar-refractivity contribution >= 4 is 11.6 Å². The predicted molar refractivity (Wildman–Crippen MR) is 73.9 cm³/mol. The summed E-state index contributed by atoms with van der Waals surface area (Å²) in [5.41, 5.74) is -0.197. The number of H-pyrrole nitrogens is 1. The van der Waals surface area contributed by atoms with Crippen molar-refractivity contribution in [1.82, 2.24) is 14.5 Å². The molecule has 0 aliphatic carbocycles. The van der Waals surface area contributed by atoms with E-state index < -0.39 is 0 Å². The van der Waals surface area contributed by atoms with Gasteiger partial charge in [0.1, 0.15) is 5.15 Å². The number of fused-ring (bicyclic) bond motifs is 1. The topological polar surface area (TPSA) is 58.1 Å². The van der Waals surface area contributed by atoms with Gasteiger partial charge < -0.3 is 4.90 Å². The molecule has 3 heterocycles. The Bertz CT molecular complexity index is 607. The summed E-state index contributed by atoms with van der Waals surface area (Å²) in [5, 5.41) is 0.157. The van der Waals surface area contributed by atoms with E-state index in [0.717, 1.165) is 25.9 Å². The van der Waals surface area contributed by atoms with E-state index in [-0.39, 0.29) is 22.4 Å². The molecule has 2 aliphatic heterocycles. The molecular weight excluding hydrogens is 266 g/mol. The number of piperidine rings is 1. The maximum atomic E-state index is 12.2. The summed E-state index contributed by atoms with van der Waals surface area (Å²) < 4.78 is 1.37. The van der Waals surface area contributed by atoms with Crippen LogP contribution < -0.4 is 11.2 Å². The third-order valence-corrected chi connectivity index (χ3v) is 4.84. The van der Waals surface area contributed by atoms with Crippen molar-refractivity contribution in [2.75, 3.05) is 13.1 Å². The van der Waals surface area contributed by atoms with Gasteiger partial charge in [0, 0.05) is 24.2 Å². The first-order valence-corrected chi connectivity index (χ1v) is 7.20. The van der Waals surface area contributed by atoms with Crippen LogP contribution in [0.5, 0.6) is 0 Å². The van der Waals surface area contributed by atoms with Crippen LogP contribution in [0.3, 0.4) is 0 Å². The van der Waals surface area contributed by atoms with Gasteiger partial charge in [0.25, 0.3) is 5.56 Å². The van der Waals surface area contributed by atoms with Gasteiger partial charge in [-0.25, -0.2) is 4.79 Å². The quantitative estimate of drug-likeness (QED) is 0.791.